The standard InChI is InChI=1S/C16H25FN2O/c1-19-9-6-13(7-10-19)5-8-18-12-16(20)14-3-2-4-15(17)11-14/h2-4,11,13,16,18,20H,5-10,12H2,1H3. The van der Waals surface area contributed by atoms with Crippen molar-refractivity contribution in [1.29, 1.82) is 0 Å². The summed E-state index contributed by atoms with van der Waals surface area (Å²) in [5.41, 5.74) is 0.636. The van der Waals surface area contributed by atoms with E-state index in [4.69, 9.17) is 0 Å². The van der Waals surface area contributed by atoms with Crippen LogP contribution in [0.15, 0.2) is 24.3 Å². The summed E-state index contributed by atoms with van der Waals surface area (Å²) >= 11 is 0. The smallest absolute Gasteiger partial charge is 0.123 e. The van der Waals surface area contributed by atoms with E-state index in [1.54, 1.807) is 12.1 Å². The van der Waals surface area contributed by atoms with Gasteiger partial charge in [0.1, 0.15) is 5.82 Å². The lowest BCUT2D eigenvalue weighted by Crippen LogP contribution is -2.32. The summed E-state index contributed by atoms with van der Waals surface area (Å²) < 4.78 is 13.1. The first-order chi connectivity index (χ1) is 9.65. The zero-order valence-corrected chi connectivity index (χ0v) is 12.2. The maximum absolute atomic E-state index is 13.1. The van der Waals surface area contributed by atoms with Crippen LogP contribution < -0.4 is 5.32 Å². The quantitative estimate of drug-likeness (QED) is 0.784. The van der Waals surface area contributed by atoms with Crippen molar-refractivity contribution >= 4 is 0 Å². The number of piperidine rings is 1. The van der Waals surface area contributed by atoms with Crippen molar-refractivity contribution in [2.75, 3.05) is 33.2 Å². The Hall–Kier alpha value is -0.970. The molecule has 4 heteroatoms. The normalized spacial score (nSPS) is 19.1. The van der Waals surface area contributed by atoms with Crippen LogP contribution in [0, 0.1) is 11.7 Å². The molecule has 0 amide bonds. The molecule has 0 spiro atoms. The third kappa shape index (κ3) is 4.85. The molecule has 20 heavy (non-hydrogen) atoms. The van der Waals surface area contributed by atoms with Gasteiger partial charge in [-0.1, -0.05) is 12.1 Å². The molecule has 1 aromatic rings. The first kappa shape index (κ1) is 15.4. The highest BCUT2D eigenvalue weighted by molar-refractivity contribution is 5.18. The first-order valence-electron chi connectivity index (χ1n) is 7.48. The minimum absolute atomic E-state index is 0.298. The molecule has 1 saturated heterocycles. The Labute approximate surface area is 120 Å². The lowest BCUT2D eigenvalue weighted by Gasteiger charge is -2.29. The second-order valence-electron chi connectivity index (χ2n) is 5.81. The summed E-state index contributed by atoms with van der Waals surface area (Å²) in [6.45, 7) is 3.78. The Morgan fingerprint density at radius 3 is 2.85 bits per heavy atom. The lowest BCUT2D eigenvalue weighted by molar-refractivity contribution is 0.170. The Morgan fingerprint density at radius 1 is 1.40 bits per heavy atom. The Balaban J connectivity index is 1.63. The molecular formula is C16H25FN2O. The monoisotopic (exact) mass is 280 g/mol. The largest absolute Gasteiger partial charge is 0.387 e. The van der Waals surface area contributed by atoms with E-state index in [0.29, 0.717) is 12.1 Å². The molecule has 1 aliphatic heterocycles. The predicted molar refractivity (Wildman–Crippen MR) is 79.1 cm³/mol. The Morgan fingerprint density at radius 2 is 2.15 bits per heavy atom. The molecule has 0 saturated carbocycles. The van der Waals surface area contributed by atoms with Crippen LogP contribution in [0.4, 0.5) is 4.39 Å². The average molecular weight is 280 g/mol. The van der Waals surface area contributed by atoms with E-state index in [2.05, 4.69) is 17.3 Å². The molecule has 1 aromatic carbocycles. The van der Waals surface area contributed by atoms with Gasteiger partial charge in [-0.25, -0.2) is 4.39 Å². The van der Waals surface area contributed by atoms with Crippen LogP contribution in [-0.2, 0) is 0 Å². The van der Waals surface area contributed by atoms with Crippen molar-refractivity contribution in [1.82, 2.24) is 10.2 Å². The maximum atomic E-state index is 13.1. The van der Waals surface area contributed by atoms with Crippen molar-refractivity contribution in [2.45, 2.75) is 25.4 Å². The van der Waals surface area contributed by atoms with Gasteiger partial charge in [0, 0.05) is 6.54 Å². The summed E-state index contributed by atoms with van der Waals surface area (Å²) in [5.74, 6) is 0.498. The van der Waals surface area contributed by atoms with E-state index in [0.717, 1.165) is 18.9 Å². The van der Waals surface area contributed by atoms with Gasteiger partial charge in [-0.2, -0.15) is 0 Å². The average Bonchev–Trinajstić information content (AvgIpc) is 2.45. The molecule has 112 valence electrons. The van der Waals surface area contributed by atoms with Gasteiger partial charge in [0.25, 0.3) is 0 Å². The van der Waals surface area contributed by atoms with Crippen molar-refractivity contribution in [2.24, 2.45) is 5.92 Å². The van der Waals surface area contributed by atoms with Crippen molar-refractivity contribution in [3.05, 3.63) is 35.6 Å². The molecule has 1 fully saturated rings. The van der Waals surface area contributed by atoms with Gasteiger partial charge in [-0.15, -0.1) is 0 Å². The highest BCUT2D eigenvalue weighted by atomic mass is 19.1. The van der Waals surface area contributed by atoms with Crippen LogP contribution in [0.1, 0.15) is 30.9 Å². The Bertz CT molecular complexity index is 405. The van der Waals surface area contributed by atoms with Crippen molar-refractivity contribution < 1.29 is 9.50 Å². The zero-order valence-electron chi connectivity index (χ0n) is 12.2. The summed E-state index contributed by atoms with van der Waals surface area (Å²) in [5, 5.41) is 13.3. The molecule has 2 N–H and O–H groups in total. The number of halogens is 1. The number of likely N-dealkylation sites (tertiary alicyclic amines) is 1. The number of aliphatic hydroxyl groups is 1. The second-order valence-corrected chi connectivity index (χ2v) is 5.81. The van der Waals surface area contributed by atoms with Crippen molar-refractivity contribution in [3.8, 4) is 0 Å². The number of hydrogen-bond donors (Lipinski definition) is 2. The van der Waals surface area contributed by atoms with Gasteiger partial charge in [0.05, 0.1) is 6.10 Å². The van der Waals surface area contributed by atoms with Crippen LogP contribution in [-0.4, -0.2) is 43.2 Å². The summed E-state index contributed by atoms with van der Waals surface area (Å²) in [6.07, 6.45) is 3.06. The number of hydrogen-bond acceptors (Lipinski definition) is 3. The van der Waals surface area contributed by atoms with Gasteiger partial charge < -0.3 is 15.3 Å². The topological polar surface area (TPSA) is 35.5 Å². The number of nitrogens with zero attached hydrogens (tertiary/aromatic N) is 1. The van der Waals surface area contributed by atoms with Crippen LogP contribution in [0.3, 0.4) is 0 Å². The number of rotatable bonds is 6. The predicted octanol–water partition coefficient (Wildman–Crippen LogP) is 2.18. The molecule has 1 atom stereocenters. The summed E-state index contributed by atoms with van der Waals surface area (Å²) in [6, 6.07) is 6.17. The van der Waals surface area contributed by atoms with E-state index in [9.17, 15) is 9.50 Å². The molecule has 2 rings (SSSR count). The van der Waals surface area contributed by atoms with E-state index >= 15 is 0 Å². The molecule has 3 nitrogen and oxygen atoms in total. The minimum atomic E-state index is -0.636. The number of nitrogens with one attached hydrogen (secondary N) is 1. The molecule has 0 aliphatic carbocycles. The van der Waals surface area contributed by atoms with Gasteiger partial charge in [0.15, 0.2) is 0 Å². The van der Waals surface area contributed by atoms with Crippen LogP contribution in [0.2, 0.25) is 0 Å². The molecule has 0 bridgehead atoms. The van der Waals surface area contributed by atoms with Gasteiger partial charge in [-0.05, 0) is 69.6 Å². The fourth-order valence-electron chi connectivity index (χ4n) is 2.73. The third-order valence-electron chi connectivity index (χ3n) is 4.14. The number of aliphatic hydroxyl groups excluding tert-OH is 1. The molecular weight excluding hydrogens is 255 g/mol. The molecule has 0 radical (unpaired) electrons. The molecule has 1 unspecified atom stereocenters. The summed E-state index contributed by atoms with van der Waals surface area (Å²) in [7, 11) is 2.17. The fraction of sp³-hybridized carbons (Fsp3) is 0.625. The fourth-order valence-corrected chi connectivity index (χ4v) is 2.73. The molecule has 1 aliphatic rings. The highest BCUT2D eigenvalue weighted by Crippen LogP contribution is 2.19. The Kier molecular flexibility index (Phi) is 5.95. The van der Waals surface area contributed by atoms with E-state index in [1.165, 1.54) is 38.1 Å². The SMILES string of the molecule is CN1CCC(CCNCC(O)c2cccc(F)c2)CC1. The lowest BCUT2D eigenvalue weighted by atomic mass is 9.94. The minimum Gasteiger partial charge on any atom is -0.387 e. The van der Waals surface area contributed by atoms with Gasteiger partial charge in [0.2, 0.25) is 0 Å². The molecule has 0 aromatic heterocycles. The van der Waals surface area contributed by atoms with Crippen LogP contribution in [0.25, 0.3) is 0 Å². The van der Waals surface area contributed by atoms with Gasteiger partial charge in [-0.3, -0.25) is 0 Å². The van der Waals surface area contributed by atoms with Crippen LogP contribution >= 0.6 is 0 Å². The van der Waals surface area contributed by atoms with E-state index < -0.39 is 6.10 Å². The van der Waals surface area contributed by atoms with E-state index in [-0.39, 0.29) is 5.82 Å². The van der Waals surface area contributed by atoms with E-state index in [1.807, 2.05) is 0 Å². The van der Waals surface area contributed by atoms with Crippen molar-refractivity contribution in [3.63, 3.8) is 0 Å². The zero-order chi connectivity index (χ0) is 14.4. The second kappa shape index (κ2) is 7.72. The first-order valence-corrected chi connectivity index (χ1v) is 7.48. The van der Waals surface area contributed by atoms with Crippen LogP contribution in [0.5, 0.6) is 0 Å². The number of benzene rings is 1. The maximum Gasteiger partial charge on any atom is 0.123 e. The van der Waals surface area contributed by atoms with Gasteiger partial charge >= 0.3 is 0 Å². The summed E-state index contributed by atoms with van der Waals surface area (Å²) in [4.78, 5) is 2.37. The third-order valence-corrected chi connectivity index (χ3v) is 4.14. The molecule has 1 heterocycles. The highest BCUT2D eigenvalue weighted by Gasteiger charge is 2.16.